The van der Waals surface area contributed by atoms with Crippen molar-refractivity contribution in [3.8, 4) is 0 Å². The number of rotatable bonds is 6. The first-order valence-electron chi connectivity index (χ1n) is 6.50. The van der Waals surface area contributed by atoms with E-state index in [0.29, 0.717) is 13.2 Å². The monoisotopic (exact) mass is 249 g/mol. The third kappa shape index (κ3) is 4.49. The SMILES string of the molecule is CCOC(=O)CN(CC)Cc1cc(C)ccc1C. The maximum atomic E-state index is 11.5. The second kappa shape index (κ2) is 7.17. The van der Waals surface area contributed by atoms with Gasteiger partial charge in [-0.15, -0.1) is 0 Å². The molecule has 0 heterocycles. The van der Waals surface area contributed by atoms with Crippen LogP contribution in [0.5, 0.6) is 0 Å². The molecular formula is C15H23NO2. The predicted molar refractivity (Wildman–Crippen MR) is 73.5 cm³/mol. The summed E-state index contributed by atoms with van der Waals surface area (Å²) in [6.45, 7) is 10.5. The zero-order chi connectivity index (χ0) is 13.5. The van der Waals surface area contributed by atoms with Gasteiger partial charge in [0.15, 0.2) is 0 Å². The van der Waals surface area contributed by atoms with Crippen LogP contribution in [0.1, 0.15) is 30.5 Å². The molecular weight excluding hydrogens is 226 g/mol. The third-order valence-corrected chi connectivity index (χ3v) is 3.00. The van der Waals surface area contributed by atoms with E-state index in [1.54, 1.807) is 0 Å². The van der Waals surface area contributed by atoms with E-state index in [4.69, 9.17) is 4.74 Å². The summed E-state index contributed by atoms with van der Waals surface area (Å²) in [4.78, 5) is 13.6. The summed E-state index contributed by atoms with van der Waals surface area (Å²) in [7, 11) is 0. The van der Waals surface area contributed by atoms with E-state index in [1.807, 2.05) is 6.92 Å². The number of nitrogens with zero attached hydrogens (tertiary/aromatic N) is 1. The average molecular weight is 249 g/mol. The lowest BCUT2D eigenvalue weighted by Gasteiger charge is -2.20. The molecule has 0 fully saturated rings. The Morgan fingerprint density at radius 2 is 2.00 bits per heavy atom. The summed E-state index contributed by atoms with van der Waals surface area (Å²) >= 11 is 0. The highest BCUT2D eigenvalue weighted by molar-refractivity contribution is 5.71. The van der Waals surface area contributed by atoms with Crippen LogP contribution in [0.4, 0.5) is 0 Å². The summed E-state index contributed by atoms with van der Waals surface area (Å²) in [5.41, 5.74) is 3.80. The topological polar surface area (TPSA) is 29.5 Å². The van der Waals surface area contributed by atoms with Crippen molar-refractivity contribution in [3.63, 3.8) is 0 Å². The third-order valence-electron chi connectivity index (χ3n) is 3.00. The second-order valence-corrected chi connectivity index (χ2v) is 4.54. The van der Waals surface area contributed by atoms with Crippen molar-refractivity contribution in [1.29, 1.82) is 0 Å². The second-order valence-electron chi connectivity index (χ2n) is 4.54. The number of likely N-dealkylation sites (N-methyl/N-ethyl adjacent to an activating group) is 1. The number of ether oxygens (including phenoxy) is 1. The molecule has 1 aromatic carbocycles. The summed E-state index contributed by atoms with van der Waals surface area (Å²) < 4.78 is 4.99. The van der Waals surface area contributed by atoms with Crippen LogP contribution in [-0.4, -0.2) is 30.6 Å². The highest BCUT2D eigenvalue weighted by Gasteiger charge is 2.11. The number of carbonyl (C=O) groups excluding carboxylic acids is 1. The molecule has 0 aromatic heterocycles. The Bertz CT molecular complexity index is 401. The highest BCUT2D eigenvalue weighted by Crippen LogP contribution is 2.13. The molecule has 0 radical (unpaired) electrons. The molecule has 1 rings (SSSR count). The van der Waals surface area contributed by atoms with Crippen molar-refractivity contribution >= 4 is 5.97 Å². The van der Waals surface area contributed by atoms with Gasteiger partial charge >= 0.3 is 5.97 Å². The number of aryl methyl sites for hydroxylation is 2. The smallest absolute Gasteiger partial charge is 0.320 e. The fourth-order valence-corrected chi connectivity index (χ4v) is 1.88. The van der Waals surface area contributed by atoms with Crippen LogP contribution in [0.3, 0.4) is 0 Å². The predicted octanol–water partition coefficient (Wildman–Crippen LogP) is 2.69. The van der Waals surface area contributed by atoms with Gasteiger partial charge in [0.25, 0.3) is 0 Å². The molecule has 0 amide bonds. The van der Waals surface area contributed by atoms with E-state index in [9.17, 15) is 4.79 Å². The average Bonchev–Trinajstić information content (AvgIpc) is 2.33. The molecule has 1 aromatic rings. The Hall–Kier alpha value is -1.35. The van der Waals surface area contributed by atoms with Crippen LogP contribution >= 0.6 is 0 Å². The Morgan fingerprint density at radius 3 is 2.61 bits per heavy atom. The zero-order valence-electron chi connectivity index (χ0n) is 11.8. The van der Waals surface area contributed by atoms with Gasteiger partial charge in [-0.1, -0.05) is 30.7 Å². The van der Waals surface area contributed by atoms with Crippen molar-refractivity contribution in [2.75, 3.05) is 19.7 Å². The van der Waals surface area contributed by atoms with Gasteiger partial charge in [0, 0.05) is 6.54 Å². The van der Waals surface area contributed by atoms with Gasteiger partial charge in [-0.3, -0.25) is 9.69 Å². The van der Waals surface area contributed by atoms with E-state index < -0.39 is 0 Å². The number of hydrogen-bond acceptors (Lipinski definition) is 3. The normalized spacial score (nSPS) is 10.7. The van der Waals surface area contributed by atoms with E-state index in [2.05, 4.69) is 43.9 Å². The van der Waals surface area contributed by atoms with Gasteiger partial charge in [-0.05, 0) is 38.4 Å². The Labute approximate surface area is 110 Å². The molecule has 0 N–H and O–H groups in total. The van der Waals surface area contributed by atoms with Crippen molar-refractivity contribution in [1.82, 2.24) is 4.90 Å². The van der Waals surface area contributed by atoms with Crippen molar-refractivity contribution in [2.45, 2.75) is 34.2 Å². The molecule has 0 saturated carbocycles. The van der Waals surface area contributed by atoms with E-state index >= 15 is 0 Å². The molecule has 18 heavy (non-hydrogen) atoms. The Morgan fingerprint density at radius 1 is 1.28 bits per heavy atom. The van der Waals surface area contributed by atoms with Crippen molar-refractivity contribution < 1.29 is 9.53 Å². The minimum atomic E-state index is -0.148. The fraction of sp³-hybridized carbons (Fsp3) is 0.533. The molecule has 0 unspecified atom stereocenters. The highest BCUT2D eigenvalue weighted by atomic mass is 16.5. The number of esters is 1. The molecule has 0 aliphatic heterocycles. The quantitative estimate of drug-likeness (QED) is 0.726. The molecule has 0 aliphatic rings. The molecule has 0 saturated heterocycles. The fourth-order valence-electron chi connectivity index (χ4n) is 1.88. The maximum Gasteiger partial charge on any atom is 0.320 e. The summed E-state index contributed by atoms with van der Waals surface area (Å²) in [6.07, 6.45) is 0. The zero-order valence-corrected chi connectivity index (χ0v) is 11.8. The summed E-state index contributed by atoms with van der Waals surface area (Å²) in [5.74, 6) is -0.148. The maximum absolute atomic E-state index is 11.5. The lowest BCUT2D eigenvalue weighted by Crippen LogP contribution is -2.30. The van der Waals surface area contributed by atoms with Crippen LogP contribution in [0, 0.1) is 13.8 Å². The van der Waals surface area contributed by atoms with E-state index in [1.165, 1.54) is 16.7 Å². The standard InChI is InChI=1S/C15H23NO2/c1-5-16(11-15(17)18-6-2)10-14-9-12(3)7-8-13(14)4/h7-9H,5-6,10-11H2,1-4H3. The molecule has 0 atom stereocenters. The largest absolute Gasteiger partial charge is 0.465 e. The van der Waals surface area contributed by atoms with Gasteiger partial charge in [0.2, 0.25) is 0 Å². The minimum Gasteiger partial charge on any atom is -0.465 e. The number of benzene rings is 1. The van der Waals surface area contributed by atoms with Crippen molar-refractivity contribution in [2.24, 2.45) is 0 Å². The first-order valence-corrected chi connectivity index (χ1v) is 6.50. The van der Waals surface area contributed by atoms with Gasteiger partial charge in [0.1, 0.15) is 0 Å². The molecule has 0 aliphatic carbocycles. The lowest BCUT2D eigenvalue weighted by atomic mass is 10.1. The minimum absolute atomic E-state index is 0.148. The van der Waals surface area contributed by atoms with Gasteiger partial charge in [-0.2, -0.15) is 0 Å². The Kier molecular flexibility index (Phi) is 5.86. The first kappa shape index (κ1) is 14.7. The first-order chi connectivity index (χ1) is 8.56. The Balaban J connectivity index is 2.67. The molecule has 0 spiro atoms. The summed E-state index contributed by atoms with van der Waals surface area (Å²) in [6, 6.07) is 6.42. The van der Waals surface area contributed by atoms with E-state index in [0.717, 1.165) is 13.1 Å². The number of carbonyl (C=O) groups is 1. The molecule has 100 valence electrons. The molecule has 3 nitrogen and oxygen atoms in total. The van der Waals surface area contributed by atoms with Crippen LogP contribution in [0.15, 0.2) is 18.2 Å². The van der Waals surface area contributed by atoms with Crippen molar-refractivity contribution in [3.05, 3.63) is 34.9 Å². The lowest BCUT2D eigenvalue weighted by molar-refractivity contribution is -0.144. The van der Waals surface area contributed by atoms with Crippen LogP contribution in [0.2, 0.25) is 0 Å². The van der Waals surface area contributed by atoms with Crippen LogP contribution < -0.4 is 0 Å². The van der Waals surface area contributed by atoms with Crippen LogP contribution in [0.25, 0.3) is 0 Å². The van der Waals surface area contributed by atoms with Gasteiger partial charge in [-0.25, -0.2) is 0 Å². The molecule has 3 heteroatoms. The van der Waals surface area contributed by atoms with E-state index in [-0.39, 0.29) is 5.97 Å². The summed E-state index contributed by atoms with van der Waals surface area (Å²) in [5, 5.41) is 0. The number of hydrogen-bond donors (Lipinski definition) is 0. The van der Waals surface area contributed by atoms with Gasteiger partial charge < -0.3 is 4.74 Å². The van der Waals surface area contributed by atoms with Crippen LogP contribution in [-0.2, 0) is 16.1 Å². The van der Waals surface area contributed by atoms with Gasteiger partial charge in [0.05, 0.1) is 13.2 Å². The molecule has 0 bridgehead atoms.